The highest BCUT2D eigenvalue weighted by Crippen LogP contribution is 2.42. The summed E-state index contributed by atoms with van der Waals surface area (Å²) >= 11 is 3.60. The van der Waals surface area contributed by atoms with Gasteiger partial charge in [0, 0.05) is 67.8 Å². The summed E-state index contributed by atoms with van der Waals surface area (Å²) < 4.78 is 11.2. The van der Waals surface area contributed by atoms with Gasteiger partial charge in [-0.05, 0) is 76.9 Å². The van der Waals surface area contributed by atoms with Crippen LogP contribution in [0, 0.1) is 0 Å². The number of fused-ring (bicyclic) bond motifs is 9. The number of nitrogens with zero attached hydrogens (tertiary/aromatic N) is 3. The van der Waals surface area contributed by atoms with Crippen LogP contribution in [0.1, 0.15) is 0 Å². The van der Waals surface area contributed by atoms with Crippen LogP contribution in [0.4, 0.5) is 0 Å². The van der Waals surface area contributed by atoms with E-state index in [4.69, 9.17) is 19.4 Å². The monoisotopic (exact) mass is 763 g/mol. The van der Waals surface area contributed by atoms with Crippen molar-refractivity contribution in [2.75, 3.05) is 0 Å². The number of hydrogen-bond donors (Lipinski definition) is 0. The second kappa shape index (κ2) is 12.8. The molecule has 0 saturated carbocycles. The van der Waals surface area contributed by atoms with Gasteiger partial charge in [-0.2, -0.15) is 0 Å². The minimum Gasteiger partial charge on any atom is -0.456 e. The number of thiophene rings is 2. The molecule has 0 N–H and O–H groups in total. The SMILES string of the molecule is c1cc(-c2cccc(-c3nc(-c4cccc5sc6ccccc6c45)nc(-c4cccc5sc6ccccc6c45)n3)c2)cc(-c2ccc3c(c2)oc2ccccc23)c1. The van der Waals surface area contributed by atoms with Gasteiger partial charge >= 0.3 is 0 Å². The Kier molecular flexibility index (Phi) is 7.24. The van der Waals surface area contributed by atoms with Crippen LogP contribution in [0.2, 0.25) is 0 Å². The number of aromatic nitrogens is 3. The molecule has 57 heavy (non-hydrogen) atoms. The minimum absolute atomic E-state index is 0.636. The predicted octanol–water partition coefficient (Wildman–Crippen LogP) is 14.8. The van der Waals surface area contributed by atoms with E-state index in [0.717, 1.165) is 60.9 Å². The zero-order chi connectivity index (χ0) is 37.5. The van der Waals surface area contributed by atoms with Gasteiger partial charge in [-0.25, -0.2) is 15.0 Å². The van der Waals surface area contributed by atoms with Gasteiger partial charge in [0.05, 0.1) is 0 Å². The van der Waals surface area contributed by atoms with Gasteiger partial charge in [0.25, 0.3) is 0 Å². The van der Waals surface area contributed by atoms with Crippen LogP contribution in [0.5, 0.6) is 0 Å². The highest BCUT2D eigenvalue weighted by Gasteiger charge is 2.20. The van der Waals surface area contributed by atoms with Gasteiger partial charge in [0.15, 0.2) is 17.5 Å². The lowest BCUT2D eigenvalue weighted by atomic mass is 9.97. The van der Waals surface area contributed by atoms with E-state index in [2.05, 4.69) is 164 Å². The standard InChI is InChI=1S/C51H29N3OS2/c1-4-20-41-35(15-1)36-26-25-33(29-42(36)55-41)31-12-7-11-30(27-31)32-13-8-14-34(28-32)49-52-50(39-18-9-23-45-47(39)37-16-2-5-21-43(37)56-45)54-51(53-49)40-19-10-24-46-48(40)38-17-3-6-22-44(38)57-46/h1-29H. The molecule has 0 saturated heterocycles. The van der Waals surface area contributed by atoms with E-state index in [-0.39, 0.29) is 0 Å². The molecule has 12 aromatic rings. The van der Waals surface area contributed by atoms with Crippen LogP contribution in [-0.2, 0) is 0 Å². The number of para-hydroxylation sites is 1. The average molecular weight is 764 g/mol. The Balaban J connectivity index is 1.02. The third-order valence-corrected chi connectivity index (χ3v) is 13.2. The second-order valence-corrected chi connectivity index (χ2v) is 16.5. The highest BCUT2D eigenvalue weighted by atomic mass is 32.1. The summed E-state index contributed by atoms with van der Waals surface area (Å²) in [7, 11) is 0. The van der Waals surface area contributed by atoms with Gasteiger partial charge in [-0.3, -0.25) is 0 Å². The van der Waals surface area contributed by atoms with E-state index in [0.29, 0.717) is 17.5 Å². The molecule has 0 aliphatic carbocycles. The topological polar surface area (TPSA) is 51.8 Å². The molecule has 0 fully saturated rings. The Bertz CT molecular complexity index is 3430. The molecular formula is C51H29N3OS2. The van der Waals surface area contributed by atoms with Crippen LogP contribution in [0.25, 0.3) is 119 Å². The van der Waals surface area contributed by atoms with Crippen molar-refractivity contribution in [2.45, 2.75) is 0 Å². The lowest BCUT2D eigenvalue weighted by molar-refractivity contribution is 0.669. The number of benzene rings is 8. The summed E-state index contributed by atoms with van der Waals surface area (Å²) in [6.07, 6.45) is 0. The largest absolute Gasteiger partial charge is 0.456 e. The fourth-order valence-corrected chi connectivity index (χ4v) is 10.6. The molecule has 12 rings (SSSR count). The molecule has 0 bridgehead atoms. The summed E-state index contributed by atoms with van der Waals surface area (Å²) in [5.74, 6) is 1.96. The van der Waals surface area contributed by atoms with Crippen molar-refractivity contribution >= 4 is 85.0 Å². The molecule has 0 aliphatic heterocycles. The van der Waals surface area contributed by atoms with Gasteiger partial charge in [0.2, 0.25) is 0 Å². The molecule has 0 radical (unpaired) electrons. The predicted molar refractivity (Wildman–Crippen MR) is 240 cm³/mol. The normalized spacial score (nSPS) is 11.9. The first kappa shape index (κ1) is 32.3. The molecule has 4 heterocycles. The van der Waals surface area contributed by atoms with Gasteiger partial charge in [-0.1, -0.05) is 121 Å². The van der Waals surface area contributed by atoms with Crippen molar-refractivity contribution in [1.29, 1.82) is 0 Å². The highest BCUT2D eigenvalue weighted by molar-refractivity contribution is 7.26. The van der Waals surface area contributed by atoms with E-state index < -0.39 is 0 Å². The molecule has 6 heteroatoms. The maximum Gasteiger partial charge on any atom is 0.164 e. The Morgan fingerprint density at radius 3 is 1.40 bits per heavy atom. The summed E-state index contributed by atoms with van der Waals surface area (Å²) in [5.41, 5.74) is 9.15. The number of rotatable bonds is 5. The molecule has 4 nitrogen and oxygen atoms in total. The van der Waals surface area contributed by atoms with Crippen LogP contribution >= 0.6 is 22.7 Å². The van der Waals surface area contributed by atoms with Crippen molar-refractivity contribution in [3.63, 3.8) is 0 Å². The summed E-state index contributed by atoms with van der Waals surface area (Å²) in [5, 5.41) is 7.03. The molecular weight excluding hydrogens is 735 g/mol. The average Bonchev–Trinajstić information content (AvgIpc) is 3.97. The lowest BCUT2D eigenvalue weighted by Crippen LogP contribution is -2.01. The van der Waals surface area contributed by atoms with Crippen LogP contribution in [-0.4, -0.2) is 15.0 Å². The zero-order valence-corrected chi connectivity index (χ0v) is 31.9. The first-order chi connectivity index (χ1) is 28.2. The second-order valence-electron chi connectivity index (χ2n) is 14.3. The maximum atomic E-state index is 6.24. The van der Waals surface area contributed by atoms with E-state index in [9.17, 15) is 0 Å². The van der Waals surface area contributed by atoms with Crippen molar-refractivity contribution in [3.05, 3.63) is 176 Å². The van der Waals surface area contributed by atoms with Crippen molar-refractivity contribution in [3.8, 4) is 56.4 Å². The summed E-state index contributed by atoms with van der Waals surface area (Å²) in [4.78, 5) is 15.9. The Morgan fingerprint density at radius 1 is 0.316 bits per heavy atom. The maximum absolute atomic E-state index is 6.24. The van der Waals surface area contributed by atoms with E-state index >= 15 is 0 Å². The molecule has 0 aliphatic rings. The lowest BCUT2D eigenvalue weighted by Gasteiger charge is -2.12. The van der Waals surface area contributed by atoms with Gasteiger partial charge in [-0.15, -0.1) is 22.7 Å². The summed E-state index contributed by atoms with van der Waals surface area (Å²) in [6.45, 7) is 0. The van der Waals surface area contributed by atoms with E-state index in [1.165, 1.54) is 40.3 Å². The minimum atomic E-state index is 0.636. The first-order valence-electron chi connectivity index (χ1n) is 18.9. The molecule has 0 atom stereocenters. The summed E-state index contributed by atoms with van der Waals surface area (Å²) in [6, 6.07) is 62.1. The Labute approximate surface area is 335 Å². The van der Waals surface area contributed by atoms with Crippen LogP contribution in [0.3, 0.4) is 0 Å². The smallest absolute Gasteiger partial charge is 0.164 e. The van der Waals surface area contributed by atoms with E-state index in [1.807, 2.05) is 12.1 Å². The number of furan rings is 1. The fraction of sp³-hybridized carbons (Fsp3) is 0. The third-order valence-electron chi connectivity index (χ3n) is 11.0. The molecule has 0 spiro atoms. The third kappa shape index (κ3) is 5.30. The molecule has 0 unspecified atom stereocenters. The quantitative estimate of drug-likeness (QED) is 0.175. The Morgan fingerprint density at radius 2 is 0.772 bits per heavy atom. The Hall–Kier alpha value is -6.99. The van der Waals surface area contributed by atoms with Crippen molar-refractivity contribution in [1.82, 2.24) is 15.0 Å². The van der Waals surface area contributed by atoms with Crippen LogP contribution < -0.4 is 0 Å². The fourth-order valence-electron chi connectivity index (χ4n) is 8.29. The van der Waals surface area contributed by atoms with Gasteiger partial charge in [0.1, 0.15) is 11.2 Å². The molecule has 0 amide bonds. The van der Waals surface area contributed by atoms with Crippen molar-refractivity contribution < 1.29 is 4.42 Å². The molecule has 266 valence electrons. The van der Waals surface area contributed by atoms with Crippen LogP contribution in [0.15, 0.2) is 180 Å². The van der Waals surface area contributed by atoms with E-state index in [1.54, 1.807) is 22.7 Å². The molecule has 4 aromatic heterocycles. The first-order valence-corrected chi connectivity index (χ1v) is 20.6. The van der Waals surface area contributed by atoms with Crippen molar-refractivity contribution in [2.24, 2.45) is 0 Å². The number of hydrogen-bond acceptors (Lipinski definition) is 6. The zero-order valence-electron chi connectivity index (χ0n) is 30.3. The van der Waals surface area contributed by atoms with Gasteiger partial charge < -0.3 is 4.42 Å². The molecule has 8 aromatic carbocycles.